The second-order valence-electron chi connectivity index (χ2n) is 13.3. The molecule has 226 valence electrons. The smallest absolute Gasteiger partial charge is 0.414 e. The molecule has 0 unspecified atom stereocenters. The molecule has 0 radical (unpaired) electrons. The van der Waals surface area contributed by atoms with Crippen molar-refractivity contribution in [2.24, 2.45) is 0 Å². The van der Waals surface area contributed by atoms with E-state index in [-0.39, 0.29) is 18.1 Å². The number of rotatable bonds is 10. The Morgan fingerprint density at radius 3 is 1.63 bits per heavy atom. The lowest BCUT2D eigenvalue weighted by molar-refractivity contribution is -0.120. The Labute approximate surface area is 246 Å². The van der Waals surface area contributed by atoms with Gasteiger partial charge < -0.3 is 19.2 Å². The van der Waals surface area contributed by atoms with E-state index in [1.54, 1.807) is 41.5 Å². The zero-order valence-corrected chi connectivity index (χ0v) is 27.1. The van der Waals surface area contributed by atoms with Crippen LogP contribution in [0.5, 0.6) is 0 Å². The standard InChI is InChI=1S/C32H48N2O6Si/c1-30(2,3)39-28(36)33-24(17-16-22-27(35)34-29(37)40-31(4,5)6)23-38-41(32(7,8)9,25-18-12-10-13-19-25)26-20-14-11-15-21-26/h10-15,18-21,24H,16-17,22-23H2,1-9H3,(H,33,36)(H,34,35,37)/t24-/m0/s1. The van der Waals surface area contributed by atoms with Crippen LogP contribution in [0.3, 0.4) is 0 Å². The highest BCUT2D eigenvalue weighted by molar-refractivity contribution is 6.99. The summed E-state index contributed by atoms with van der Waals surface area (Å²) in [4.78, 5) is 37.2. The van der Waals surface area contributed by atoms with E-state index in [9.17, 15) is 14.4 Å². The van der Waals surface area contributed by atoms with Gasteiger partial charge in [-0.3, -0.25) is 10.1 Å². The van der Waals surface area contributed by atoms with Crippen LogP contribution in [-0.2, 0) is 18.7 Å². The quantitative estimate of drug-likeness (QED) is 0.349. The molecule has 41 heavy (non-hydrogen) atoms. The molecule has 0 heterocycles. The molecular weight excluding hydrogens is 536 g/mol. The zero-order valence-electron chi connectivity index (χ0n) is 26.1. The number of carbonyl (C=O) groups excluding carboxylic acids is 3. The summed E-state index contributed by atoms with van der Waals surface area (Å²) in [6, 6.07) is 20.1. The monoisotopic (exact) mass is 584 g/mol. The van der Waals surface area contributed by atoms with Crippen molar-refractivity contribution in [1.82, 2.24) is 10.6 Å². The highest BCUT2D eigenvalue weighted by Crippen LogP contribution is 2.37. The maximum atomic E-state index is 12.8. The van der Waals surface area contributed by atoms with E-state index in [1.165, 1.54) is 0 Å². The second-order valence-corrected chi connectivity index (χ2v) is 17.6. The summed E-state index contributed by atoms with van der Waals surface area (Å²) < 4.78 is 17.7. The molecular formula is C32H48N2O6Si. The Morgan fingerprint density at radius 2 is 1.20 bits per heavy atom. The highest BCUT2D eigenvalue weighted by Gasteiger charge is 2.50. The van der Waals surface area contributed by atoms with Crippen molar-refractivity contribution < 1.29 is 28.3 Å². The van der Waals surface area contributed by atoms with Crippen LogP contribution in [0, 0.1) is 0 Å². The first-order valence-corrected chi connectivity index (χ1v) is 16.1. The number of benzene rings is 2. The zero-order chi connectivity index (χ0) is 30.9. The molecule has 2 aromatic carbocycles. The Balaban J connectivity index is 2.28. The topological polar surface area (TPSA) is 103 Å². The maximum Gasteiger partial charge on any atom is 0.414 e. The third kappa shape index (κ3) is 11.0. The van der Waals surface area contributed by atoms with E-state index in [1.807, 2.05) is 36.4 Å². The number of nitrogens with one attached hydrogen (secondary N) is 2. The van der Waals surface area contributed by atoms with Crippen LogP contribution in [0.4, 0.5) is 9.59 Å². The lowest BCUT2D eigenvalue weighted by Crippen LogP contribution is -2.67. The van der Waals surface area contributed by atoms with Gasteiger partial charge in [0.15, 0.2) is 0 Å². The summed E-state index contributed by atoms with van der Waals surface area (Å²) >= 11 is 0. The molecule has 0 fully saturated rings. The van der Waals surface area contributed by atoms with Gasteiger partial charge in [0, 0.05) is 6.42 Å². The molecule has 0 aliphatic rings. The van der Waals surface area contributed by atoms with E-state index in [2.05, 4.69) is 55.7 Å². The minimum Gasteiger partial charge on any atom is -0.444 e. The fraction of sp³-hybridized carbons (Fsp3) is 0.531. The third-order valence-electron chi connectivity index (χ3n) is 6.24. The molecule has 9 heteroatoms. The summed E-state index contributed by atoms with van der Waals surface area (Å²) in [6.45, 7) is 17.4. The van der Waals surface area contributed by atoms with Crippen molar-refractivity contribution in [2.45, 2.75) is 104 Å². The van der Waals surface area contributed by atoms with Crippen LogP contribution < -0.4 is 21.0 Å². The molecule has 2 N–H and O–H groups in total. The minimum atomic E-state index is -2.85. The van der Waals surface area contributed by atoms with Crippen LogP contribution in [0.1, 0.15) is 81.6 Å². The molecule has 1 atom stereocenters. The summed E-state index contributed by atoms with van der Waals surface area (Å²) in [7, 11) is -2.85. The van der Waals surface area contributed by atoms with Gasteiger partial charge in [0.1, 0.15) is 11.2 Å². The lowest BCUT2D eigenvalue weighted by atomic mass is 10.1. The molecule has 2 aromatic rings. The number of hydrogen-bond acceptors (Lipinski definition) is 6. The molecule has 3 amide bonds. The van der Waals surface area contributed by atoms with E-state index < -0.39 is 43.7 Å². The number of imide groups is 1. The molecule has 2 rings (SSSR count). The van der Waals surface area contributed by atoms with E-state index in [0.717, 1.165) is 10.4 Å². The van der Waals surface area contributed by atoms with Crippen molar-refractivity contribution in [1.29, 1.82) is 0 Å². The summed E-state index contributed by atoms with van der Waals surface area (Å²) in [5.41, 5.74) is -1.37. The predicted octanol–water partition coefficient (Wildman–Crippen LogP) is 5.68. The number of hydrogen-bond donors (Lipinski definition) is 2. The van der Waals surface area contributed by atoms with E-state index in [0.29, 0.717) is 12.8 Å². The van der Waals surface area contributed by atoms with Gasteiger partial charge in [-0.25, -0.2) is 9.59 Å². The Kier molecular flexibility index (Phi) is 11.7. The maximum absolute atomic E-state index is 12.8. The summed E-state index contributed by atoms with van der Waals surface area (Å²) in [6.07, 6.45) is -0.378. The van der Waals surface area contributed by atoms with Gasteiger partial charge >= 0.3 is 12.2 Å². The van der Waals surface area contributed by atoms with Crippen molar-refractivity contribution in [3.05, 3.63) is 60.7 Å². The molecule has 0 saturated carbocycles. The van der Waals surface area contributed by atoms with E-state index >= 15 is 0 Å². The molecule has 0 saturated heterocycles. The molecule has 0 aromatic heterocycles. The molecule has 0 spiro atoms. The van der Waals surface area contributed by atoms with Gasteiger partial charge in [0.25, 0.3) is 8.32 Å². The normalized spacial score (nSPS) is 13.2. The van der Waals surface area contributed by atoms with Gasteiger partial charge in [0.2, 0.25) is 5.91 Å². The summed E-state index contributed by atoms with van der Waals surface area (Å²) in [5, 5.41) is 7.25. The average molecular weight is 585 g/mol. The van der Waals surface area contributed by atoms with Crippen LogP contribution in [0.15, 0.2) is 60.7 Å². The SMILES string of the molecule is CC(C)(C)OC(=O)NC(=O)CCC[C@@H](CO[Si](c1ccccc1)(c1ccccc1)C(C)(C)C)NC(=O)OC(C)(C)C. The van der Waals surface area contributed by atoms with Crippen molar-refractivity contribution in [3.63, 3.8) is 0 Å². The lowest BCUT2D eigenvalue weighted by Gasteiger charge is -2.43. The fourth-order valence-corrected chi connectivity index (χ4v) is 9.25. The van der Waals surface area contributed by atoms with Gasteiger partial charge in [-0.15, -0.1) is 0 Å². The van der Waals surface area contributed by atoms with Gasteiger partial charge in [-0.05, 0) is 69.8 Å². The second kappa shape index (κ2) is 14.1. The predicted molar refractivity (Wildman–Crippen MR) is 165 cm³/mol. The molecule has 0 aliphatic carbocycles. The first-order chi connectivity index (χ1) is 18.9. The number of ether oxygens (including phenoxy) is 2. The van der Waals surface area contributed by atoms with Crippen LogP contribution >= 0.6 is 0 Å². The number of alkyl carbamates (subject to hydrolysis) is 2. The van der Waals surface area contributed by atoms with Crippen molar-refractivity contribution in [2.75, 3.05) is 6.61 Å². The Morgan fingerprint density at radius 1 is 0.732 bits per heavy atom. The van der Waals surface area contributed by atoms with Crippen LogP contribution in [0.2, 0.25) is 5.04 Å². The molecule has 0 bridgehead atoms. The van der Waals surface area contributed by atoms with Crippen molar-refractivity contribution in [3.8, 4) is 0 Å². The third-order valence-corrected chi connectivity index (χ3v) is 11.2. The average Bonchev–Trinajstić information content (AvgIpc) is 2.82. The fourth-order valence-electron chi connectivity index (χ4n) is 4.65. The first kappa shape index (κ1) is 34.0. The van der Waals surface area contributed by atoms with E-state index in [4.69, 9.17) is 13.9 Å². The van der Waals surface area contributed by atoms with Crippen LogP contribution in [0.25, 0.3) is 0 Å². The van der Waals surface area contributed by atoms with Gasteiger partial charge in [0.05, 0.1) is 12.6 Å². The van der Waals surface area contributed by atoms with Gasteiger partial charge in [-0.1, -0.05) is 81.4 Å². The first-order valence-electron chi connectivity index (χ1n) is 14.2. The highest BCUT2D eigenvalue weighted by atomic mass is 28.4. The largest absolute Gasteiger partial charge is 0.444 e. The number of amides is 3. The minimum absolute atomic E-state index is 0.0882. The van der Waals surface area contributed by atoms with Gasteiger partial charge in [-0.2, -0.15) is 0 Å². The Hall–Kier alpha value is -3.17. The molecule has 8 nitrogen and oxygen atoms in total. The van der Waals surface area contributed by atoms with Crippen molar-refractivity contribution >= 4 is 36.8 Å². The van der Waals surface area contributed by atoms with Crippen LogP contribution in [-0.4, -0.2) is 50.3 Å². The summed E-state index contributed by atoms with van der Waals surface area (Å²) in [5.74, 6) is -0.442. The number of carbonyl (C=O) groups is 3. The Bertz CT molecular complexity index is 1100. The molecule has 0 aliphatic heterocycles.